The minimum absolute atomic E-state index is 0.0228. The maximum absolute atomic E-state index is 12.5. The van der Waals surface area contributed by atoms with Gasteiger partial charge in [-0.1, -0.05) is 6.07 Å². The molecule has 0 unspecified atom stereocenters. The second kappa shape index (κ2) is 7.90. The van der Waals surface area contributed by atoms with Crippen molar-refractivity contribution < 1.29 is 4.79 Å². The number of hydrogen-bond acceptors (Lipinski definition) is 5. The van der Waals surface area contributed by atoms with Gasteiger partial charge in [0.15, 0.2) is 5.13 Å². The van der Waals surface area contributed by atoms with E-state index in [1.165, 1.54) is 0 Å². The molecular weight excluding hydrogens is 340 g/mol. The molecule has 1 saturated heterocycles. The minimum Gasteiger partial charge on any atom is -0.346 e. The topological polar surface area (TPSA) is 48.5 Å². The molecule has 1 N–H and O–H groups in total. The van der Waals surface area contributed by atoms with Crippen LogP contribution in [0.25, 0.3) is 0 Å². The van der Waals surface area contributed by atoms with Gasteiger partial charge in [-0.05, 0) is 37.8 Å². The number of amides is 2. The summed E-state index contributed by atoms with van der Waals surface area (Å²) in [5.74, 6) is 0. The summed E-state index contributed by atoms with van der Waals surface area (Å²) >= 11 is 3.35. The Balaban J connectivity index is 1.59. The van der Waals surface area contributed by atoms with Gasteiger partial charge in [0, 0.05) is 42.1 Å². The monoisotopic (exact) mass is 362 g/mol. The van der Waals surface area contributed by atoms with E-state index in [1.807, 2.05) is 42.3 Å². The van der Waals surface area contributed by atoms with Crippen molar-refractivity contribution in [3.05, 3.63) is 35.3 Å². The number of carbonyl (C=O) groups is 1. The molecule has 0 bridgehead atoms. The van der Waals surface area contributed by atoms with Gasteiger partial charge in [-0.3, -0.25) is 0 Å². The van der Waals surface area contributed by atoms with Crippen LogP contribution in [0.2, 0.25) is 0 Å². The largest absolute Gasteiger partial charge is 0.346 e. The molecule has 1 aromatic heterocycles. The van der Waals surface area contributed by atoms with Crippen LogP contribution < -0.4 is 10.2 Å². The Kier molecular flexibility index (Phi) is 5.63. The molecule has 5 nitrogen and oxygen atoms in total. The van der Waals surface area contributed by atoms with Gasteiger partial charge in [0.05, 0.1) is 5.69 Å². The lowest BCUT2D eigenvalue weighted by Gasteiger charge is -2.22. The molecule has 1 fully saturated rings. The fraction of sp³-hybridized carbons (Fsp3) is 0.412. The third-order valence-corrected chi connectivity index (χ3v) is 5.73. The second-order valence-electron chi connectivity index (χ2n) is 5.76. The summed E-state index contributed by atoms with van der Waals surface area (Å²) in [6, 6.07) is 7.92. The summed E-state index contributed by atoms with van der Waals surface area (Å²) in [7, 11) is 0. The van der Waals surface area contributed by atoms with E-state index in [-0.39, 0.29) is 6.03 Å². The number of anilines is 2. The predicted octanol–water partition coefficient (Wildman–Crippen LogP) is 3.92. The highest BCUT2D eigenvalue weighted by molar-refractivity contribution is 7.98. The van der Waals surface area contributed by atoms with Gasteiger partial charge >= 0.3 is 6.03 Å². The Morgan fingerprint density at radius 2 is 2.17 bits per heavy atom. The summed E-state index contributed by atoms with van der Waals surface area (Å²) in [5, 5.41) is 6.15. The predicted molar refractivity (Wildman–Crippen MR) is 102 cm³/mol. The van der Waals surface area contributed by atoms with E-state index < -0.39 is 0 Å². The van der Waals surface area contributed by atoms with Crippen LogP contribution in [0.15, 0.2) is 34.5 Å². The first-order valence-corrected chi connectivity index (χ1v) is 10.1. The van der Waals surface area contributed by atoms with Gasteiger partial charge in [-0.2, -0.15) is 0 Å². The molecule has 0 radical (unpaired) electrons. The molecule has 1 aliphatic heterocycles. The van der Waals surface area contributed by atoms with Crippen molar-refractivity contribution in [2.75, 3.05) is 42.7 Å². The van der Waals surface area contributed by atoms with Gasteiger partial charge < -0.3 is 15.1 Å². The lowest BCUT2D eigenvalue weighted by Crippen LogP contribution is -2.38. The van der Waals surface area contributed by atoms with Crippen molar-refractivity contribution in [2.45, 2.75) is 18.2 Å². The van der Waals surface area contributed by atoms with Crippen molar-refractivity contribution in [1.82, 2.24) is 9.88 Å². The van der Waals surface area contributed by atoms with Crippen LogP contribution >= 0.6 is 23.1 Å². The quantitative estimate of drug-likeness (QED) is 0.841. The fourth-order valence-corrected chi connectivity index (χ4v) is 4.02. The van der Waals surface area contributed by atoms with Gasteiger partial charge in [0.25, 0.3) is 0 Å². The molecule has 2 aromatic rings. The van der Waals surface area contributed by atoms with Crippen LogP contribution in [-0.2, 0) is 0 Å². The van der Waals surface area contributed by atoms with Crippen molar-refractivity contribution in [1.29, 1.82) is 0 Å². The average Bonchev–Trinajstić information content (AvgIpc) is 2.87. The Morgan fingerprint density at radius 1 is 1.29 bits per heavy atom. The highest BCUT2D eigenvalue weighted by Gasteiger charge is 2.20. The summed E-state index contributed by atoms with van der Waals surface area (Å²) in [6.45, 7) is 5.27. The van der Waals surface area contributed by atoms with Gasteiger partial charge in [0.2, 0.25) is 0 Å². The normalized spacial score (nSPS) is 15.2. The van der Waals surface area contributed by atoms with Gasteiger partial charge in [-0.25, -0.2) is 9.78 Å². The van der Waals surface area contributed by atoms with E-state index in [0.29, 0.717) is 6.54 Å². The number of thioether (sulfide) groups is 1. The van der Waals surface area contributed by atoms with E-state index >= 15 is 0 Å². The Labute approximate surface area is 151 Å². The van der Waals surface area contributed by atoms with E-state index in [0.717, 1.165) is 47.5 Å². The molecule has 0 saturated carbocycles. The first-order valence-electron chi connectivity index (χ1n) is 8.03. The Morgan fingerprint density at radius 3 is 2.92 bits per heavy atom. The number of nitrogens with one attached hydrogen (secondary N) is 1. The Bertz CT molecular complexity index is 703. The summed E-state index contributed by atoms with van der Waals surface area (Å²) in [4.78, 5) is 22.4. The van der Waals surface area contributed by atoms with Crippen LogP contribution in [-0.4, -0.2) is 48.3 Å². The second-order valence-corrected chi connectivity index (χ2v) is 7.48. The van der Waals surface area contributed by atoms with E-state index in [2.05, 4.69) is 20.6 Å². The molecule has 0 aliphatic carbocycles. The fourth-order valence-electron chi connectivity index (χ4n) is 2.70. The molecule has 128 valence electrons. The molecule has 0 spiro atoms. The lowest BCUT2D eigenvalue weighted by atomic mass is 10.3. The zero-order valence-electron chi connectivity index (χ0n) is 14.0. The van der Waals surface area contributed by atoms with E-state index in [1.54, 1.807) is 23.1 Å². The summed E-state index contributed by atoms with van der Waals surface area (Å²) < 4.78 is 0. The standard InChI is InChI=1S/C17H22N4OS2/c1-13-12-24-17(18-13)21-8-4-7-20(9-10-21)16(22)19-14-5-3-6-15(11-14)23-2/h3,5-6,11-12H,4,7-10H2,1-2H3,(H,19,22). The van der Waals surface area contributed by atoms with Crippen LogP contribution in [0.3, 0.4) is 0 Å². The number of aryl methyl sites for hydroxylation is 1. The first-order chi connectivity index (χ1) is 11.7. The smallest absolute Gasteiger partial charge is 0.321 e. The molecule has 1 aliphatic rings. The van der Waals surface area contributed by atoms with Gasteiger partial charge in [-0.15, -0.1) is 23.1 Å². The zero-order chi connectivity index (χ0) is 16.9. The molecule has 1 aromatic carbocycles. The van der Waals surface area contributed by atoms with E-state index in [4.69, 9.17) is 0 Å². The van der Waals surface area contributed by atoms with E-state index in [9.17, 15) is 4.79 Å². The lowest BCUT2D eigenvalue weighted by molar-refractivity contribution is 0.215. The zero-order valence-corrected chi connectivity index (χ0v) is 15.6. The number of benzene rings is 1. The number of hydrogen-bond donors (Lipinski definition) is 1. The summed E-state index contributed by atoms with van der Waals surface area (Å²) in [5.41, 5.74) is 1.91. The van der Waals surface area contributed by atoms with Crippen molar-refractivity contribution in [3.8, 4) is 0 Å². The third-order valence-electron chi connectivity index (χ3n) is 3.98. The van der Waals surface area contributed by atoms with Crippen molar-refractivity contribution >= 4 is 39.9 Å². The molecule has 24 heavy (non-hydrogen) atoms. The number of urea groups is 1. The maximum Gasteiger partial charge on any atom is 0.321 e. The first kappa shape index (κ1) is 17.1. The van der Waals surface area contributed by atoms with Crippen molar-refractivity contribution in [3.63, 3.8) is 0 Å². The number of thiazole rings is 1. The highest BCUT2D eigenvalue weighted by Crippen LogP contribution is 2.22. The number of rotatable bonds is 3. The molecule has 2 amide bonds. The van der Waals surface area contributed by atoms with Gasteiger partial charge in [0.1, 0.15) is 0 Å². The third kappa shape index (κ3) is 4.21. The minimum atomic E-state index is -0.0228. The highest BCUT2D eigenvalue weighted by atomic mass is 32.2. The SMILES string of the molecule is CSc1cccc(NC(=O)N2CCCN(c3nc(C)cs3)CC2)c1. The number of nitrogens with zero attached hydrogens (tertiary/aromatic N) is 3. The maximum atomic E-state index is 12.5. The molecule has 7 heteroatoms. The van der Waals surface area contributed by atoms with Crippen LogP contribution in [0, 0.1) is 6.92 Å². The van der Waals surface area contributed by atoms with Crippen LogP contribution in [0.1, 0.15) is 12.1 Å². The number of carbonyl (C=O) groups excluding carboxylic acids is 1. The Hall–Kier alpha value is -1.73. The summed E-state index contributed by atoms with van der Waals surface area (Å²) in [6.07, 6.45) is 2.99. The average molecular weight is 363 g/mol. The molecule has 0 atom stereocenters. The molecule has 2 heterocycles. The van der Waals surface area contributed by atoms with Crippen LogP contribution in [0.5, 0.6) is 0 Å². The number of aromatic nitrogens is 1. The van der Waals surface area contributed by atoms with Crippen molar-refractivity contribution in [2.24, 2.45) is 0 Å². The molecule has 3 rings (SSSR count). The van der Waals surface area contributed by atoms with Crippen LogP contribution in [0.4, 0.5) is 15.6 Å². The molecular formula is C17H22N4OS2.